The topological polar surface area (TPSA) is 34.9 Å². The summed E-state index contributed by atoms with van der Waals surface area (Å²) in [6, 6.07) is 8.18. The number of hydrogen-bond donors (Lipinski definition) is 0. The van der Waals surface area contributed by atoms with Gasteiger partial charge in [-0.15, -0.1) is 0 Å². The Morgan fingerprint density at radius 2 is 2.15 bits per heavy atom. The molecule has 1 aromatic carbocycles. The highest BCUT2D eigenvalue weighted by molar-refractivity contribution is 9.10. The summed E-state index contributed by atoms with van der Waals surface area (Å²) in [6.45, 7) is 0.701. The van der Waals surface area contributed by atoms with Gasteiger partial charge in [-0.1, -0.05) is 40.9 Å². The van der Waals surface area contributed by atoms with E-state index in [9.17, 15) is 4.79 Å². The van der Waals surface area contributed by atoms with Crippen LogP contribution in [-0.4, -0.2) is 16.1 Å². The predicted octanol–water partition coefficient (Wildman–Crippen LogP) is 4.16. The Morgan fingerprint density at radius 1 is 1.35 bits per heavy atom. The van der Waals surface area contributed by atoms with Gasteiger partial charge in [-0.3, -0.25) is 9.48 Å². The van der Waals surface area contributed by atoms with E-state index in [1.165, 1.54) is 18.4 Å². The molecule has 0 atom stereocenters. The second-order valence-corrected chi connectivity index (χ2v) is 6.31. The molecule has 0 N–H and O–H groups in total. The Morgan fingerprint density at radius 3 is 2.85 bits per heavy atom. The van der Waals surface area contributed by atoms with Crippen LogP contribution in [0.3, 0.4) is 0 Å². The van der Waals surface area contributed by atoms with Crippen molar-refractivity contribution >= 4 is 22.2 Å². The smallest absolute Gasteiger partial charge is 0.153 e. The lowest BCUT2D eigenvalue weighted by Gasteiger charge is -2.06. The molecule has 0 saturated heterocycles. The molecule has 0 aliphatic heterocycles. The van der Waals surface area contributed by atoms with Crippen molar-refractivity contribution in [1.82, 2.24) is 9.78 Å². The van der Waals surface area contributed by atoms with E-state index in [-0.39, 0.29) is 0 Å². The van der Waals surface area contributed by atoms with Crippen LogP contribution in [0.4, 0.5) is 0 Å². The average molecular weight is 333 g/mol. The fraction of sp³-hybridized carbons (Fsp3) is 0.375. The van der Waals surface area contributed by atoms with E-state index in [1.807, 2.05) is 23.0 Å². The molecule has 0 spiro atoms. The quantitative estimate of drug-likeness (QED) is 0.788. The van der Waals surface area contributed by atoms with Crippen molar-refractivity contribution in [2.45, 2.75) is 38.1 Å². The third-order valence-corrected chi connectivity index (χ3v) is 4.42. The Labute approximate surface area is 127 Å². The molecule has 1 saturated carbocycles. The lowest BCUT2D eigenvalue weighted by molar-refractivity contribution is 0.112. The number of benzene rings is 1. The number of carbonyl (C=O) groups excluding carboxylic acids is 1. The van der Waals surface area contributed by atoms with Gasteiger partial charge >= 0.3 is 0 Å². The highest BCUT2D eigenvalue weighted by atomic mass is 79.9. The maximum Gasteiger partial charge on any atom is 0.153 e. The van der Waals surface area contributed by atoms with Crippen LogP contribution in [0.2, 0.25) is 0 Å². The minimum absolute atomic E-state index is 0.471. The van der Waals surface area contributed by atoms with Crippen molar-refractivity contribution < 1.29 is 4.79 Å². The van der Waals surface area contributed by atoms with Crippen molar-refractivity contribution in [3.05, 3.63) is 51.8 Å². The monoisotopic (exact) mass is 332 g/mol. The predicted molar refractivity (Wildman–Crippen MR) is 82.1 cm³/mol. The summed E-state index contributed by atoms with van der Waals surface area (Å²) in [5.74, 6) is 0.471. The summed E-state index contributed by atoms with van der Waals surface area (Å²) in [5.41, 5.74) is 2.93. The third kappa shape index (κ3) is 2.85. The second-order valence-electron chi connectivity index (χ2n) is 5.40. The minimum Gasteiger partial charge on any atom is -0.298 e. The normalized spacial score (nSPS) is 15.7. The molecular formula is C16H17BrN2O. The first-order valence-electron chi connectivity index (χ1n) is 7.03. The van der Waals surface area contributed by atoms with E-state index in [0.29, 0.717) is 12.5 Å². The number of carbonyl (C=O) groups is 1. The maximum absolute atomic E-state index is 11.2. The van der Waals surface area contributed by atoms with Crippen LogP contribution in [0.5, 0.6) is 0 Å². The molecule has 3 nitrogen and oxygen atoms in total. The van der Waals surface area contributed by atoms with Gasteiger partial charge < -0.3 is 0 Å². The molecule has 1 aliphatic rings. The average Bonchev–Trinajstić information content (AvgIpc) is 3.06. The number of rotatable bonds is 4. The zero-order valence-electron chi connectivity index (χ0n) is 11.3. The number of aromatic nitrogens is 2. The molecule has 4 heteroatoms. The Kier molecular flexibility index (Phi) is 4.01. The van der Waals surface area contributed by atoms with E-state index >= 15 is 0 Å². The Balaban J connectivity index is 1.85. The van der Waals surface area contributed by atoms with Gasteiger partial charge in [-0.2, -0.15) is 5.10 Å². The molecule has 2 aromatic rings. The molecule has 1 aliphatic carbocycles. The summed E-state index contributed by atoms with van der Waals surface area (Å²) in [5, 5.41) is 4.66. The lowest BCUT2D eigenvalue weighted by atomic mass is 10.0. The van der Waals surface area contributed by atoms with E-state index in [0.717, 1.165) is 34.9 Å². The fourth-order valence-electron chi connectivity index (χ4n) is 2.96. The van der Waals surface area contributed by atoms with E-state index in [1.54, 1.807) is 0 Å². The Hall–Kier alpha value is -1.42. The van der Waals surface area contributed by atoms with Crippen LogP contribution in [0, 0.1) is 0 Å². The van der Waals surface area contributed by atoms with Crippen molar-refractivity contribution in [2.24, 2.45) is 0 Å². The molecule has 0 radical (unpaired) electrons. The number of aldehydes is 1. The number of halogens is 1. The van der Waals surface area contributed by atoms with Crippen LogP contribution >= 0.6 is 15.9 Å². The summed E-state index contributed by atoms with van der Waals surface area (Å²) in [6.07, 6.45) is 7.64. The first-order chi connectivity index (χ1) is 9.76. The SMILES string of the molecule is O=Cc1cn(Cc2cccc(Br)c2)nc1C1CCCC1. The van der Waals surface area contributed by atoms with E-state index in [4.69, 9.17) is 0 Å². The molecule has 0 amide bonds. The molecule has 3 rings (SSSR count). The van der Waals surface area contributed by atoms with Crippen LogP contribution in [0.1, 0.15) is 53.2 Å². The van der Waals surface area contributed by atoms with Crippen LogP contribution in [-0.2, 0) is 6.54 Å². The molecule has 0 bridgehead atoms. The molecule has 1 fully saturated rings. The maximum atomic E-state index is 11.2. The summed E-state index contributed by atoms with van der Waals surface area (Å²) >= 11 is 3.48. The largest absolute Gasteiger partial charge is 0.298 e. The highest BCUT2D eigenvalue weighted by Crippen LogP contribution is 2.34. The van der Waals surface area contributed by atoms with Crippen LogP contribution in [0.15, 0.2) is 34.9 Å². The molecule has 1 aromatic heterocycles. The van der Waals surface area contributed by atoms with Crippen molar-refractivity contribution in [1.29, 1.82) is 0 Å². The van der Waals surface area contributed by atoms with Crippen LogP contribution < -0.4 is 0 Å². The van der Waals surface area contributed by atoms with Crippen molar-refractivity contribution in [3.8, 4) is 0 Å². The third-order valence-electron chi connectivity index (χ3n) is 3.92. The lowest BCUT2D eigenvalue weighted by Crippen LogP contribution is -2.02. The van der Waals surface area contributed by atoms with Gasteiger partial charge in [0.2, 0.25) is 0 Å². The van der Waals surface area contributed by atoms with Crippen molar-refractivity contribution in [2.75, 3.05) is 0 Å². The summed E-state index contributed by atoms with van der Waals surface area (Å²) in [4.78, 5) is 11.2. The summed E-state index contributed by atoms with van der Waals surface area (Å²) < 4.78 is 2.95. The fourth-order valence-corrected chi connectivity index (χ4v) is 3.41. The zero-order valence-corrected chi connectivity index (χ0v) is 12.8. The van der Waals surface area contributed by atoms with Gasteiger partial charge in [0.05, 0.1) is 17.8 Å². The molecule has 104 valence electrons. The summed E-state index contributed by atoms with van der Waals surface area (Å²) in [7, 11) is 0. The van der Waals surface area contributed by atoms with Gasteiger partial charge in [0, 0.05) is 16.6 Å². The van der Waals surface area contributed by atoms with Gasteiger partial charge in [0.25, 0.3) is 0 Å². The van der Waals surface area contributed by atoms with E-state index < -0.39 is 0 Å². The number of hydrogen-bond acceptors (Lipinski definition) is 2. The van der Waals surface area contributed by atoms with Crippen molar-refractivity contribution in [3.63, 3.8) is 0 Å². The molecule has 0 unspecified atom stereocenters. The Bertz CT molecular complexity index is 615. The van der Waals surface area contributed by atoms with Gasteiger partial charge in [-0.25, -0.2) is 0 Å². The standard InChI is InChI=1S/C16H17BrN2O/c17-15-7-3-4-12(8-15)9-19-10-14(11-20)16(18-19)13-5-1-2-6-13/h3-4,7-8,10-11,13H,1-2,5-6,9H2. The zero-order chi connectivity index (χ0) is 13.9. The first-order valence-corrected chi connectivity index (χ1v) is 7.82. The first kappa shape index (κ1) is 13.6. The molecule has 20 heavy (non-hydrogen) atoms. The molecule has 1 heterocycles. The highest BCUT2D eigenvalue weighted by Gasteiger charge is 2.23. The number of nitrogens with zero attached hydrogens (tertiary/aromatic N) is 2. The second kappa shape index (κ2) is 5.92. The van der Waals surface area contributed by atoms with Gasteiger partial charge in [-0.05, 0) is 30.5 Å². The minimum atomic E-state index is 0.471. The van der Waals surface area contributed by atoms with Gasteiger partial charge in [0.15, 0.2) is 6.29 Å². The van der Waals surface area contributed by atoms with Gasteiger partial charge in [0.1, 0.15) is 0 Å². The van der Waals surface area contributed by atoms with Crippen LogP contribution in [0.25, 0.3) is 0 Å². The molecular weight excluding hydrogens is 316 g/mol. The van der Waals surface area contributed by atoms with E-state index in [2.05, 4.69) is 33.2 Å².